The predicted molar refractivity (Wildman–Crippen MR) is 186 cm³/mol. The fourth-order valence-corrected chi connectivity index (χ4v) is 9.55. The summed E-state index contributed by atoms with van der Waals surface area (Å²) in [7, 11) is -3.90. The van der Waals surface area contributed by atoms with Crippen LogP contribution in [-0.2, 0) is 47.0 Å². The molecule has 2 saturated carbocycles. The Morgan fingerprint density at radius 3 is 2.50 bits per heavy atom. The summed E-state index contributed by atoms with van der Waals surface area (Å²) in [5.41, 5.74) is -0.435. The van der Waals surface area contributed by atoms with Gasteiger partial charge >= 0.3 is 6.09 Å². The van der Waals surface area contributed by atoms with Crippen LogP contribution in [-0.4, -0.2) is 95.4 Å². The minimum Gasteiger partial charge on any atom is -0.444 e. The summed E-state index contributed by atoms with van der Waals surface area (Å²) in [4.78, 5) is 73.8. The molecule has 52 heavy (non-hydrogen) atoms. The second-order valence-electron chi connectivity index (χ2n) is 15.3. The number of piperidine rings is 1. The monoisotopic (exact) mass is 741 g/mol. The second-order valence-corrected chi connectivity index (χ2v) is 17.3. The number of fused-ring (bicyclic) bond motifs is 3. The van der Waals surface area contributed by atoms with E-state index in [0.717, 1.165) is 32.1 Å². The van der Waals surface area contributed by atoms with E-state index < -0.39 is 74.4 Å². The zero-order chi connectivity index (χ0) is 36.6. The Labute approximate surface area is 303 Å². The number of ether oxygens (including phenoxy) is 1. The predicted octanol–water partition coefficient (Wildman–Crippen LogP) is 3.27. The van der Waals surface area contributed by atoms with Crippen LogP contribution in [0.5, 0.6) is 0 Å². The SMILES string of the molecule is O=C1NC2(C(=O)NS(=O)(=O)C3CC3)CC2/C=C\CCCCC[C@@H](CC(=O)N2CCCCC2)C(=O)N2C[C@H](OC(=O)N3Cc4cccc(F)c4C3)C[C@@H]12. The van der Waals surface area contributed by atoms with Crippen molar-refractivity contribution in [2.45, 2.75) is 119 Å². The lowest BCUT2D eigenvalue weighted by molar-refractivity contribution is -0.145. The van der Waals surface area contributed by atoms with E-state index in [4.69, 9.17) is 4.74 Å². The zero-order valence-electron chi connectivity index (χ0n) is 29.4. The Balaban J connectivity index is 1.13. The Hall–Kier alpha value is -4.01. The first-order chi connectivity index (χ1) is 24.9. The van der Waals surface area contributed by atoms with Crippen LogP contribution in [0.25, 0.3) is 0 Å². The van der Waals surface area contributed by atoms with Crippen molar-refractivity contribution in [2.75, 3.05) is 19.6 Å². The van der Waals surface area contributed by atoms with E-state index in [1.165, 1.54) is 15.9 Å². The van der Waals surface area contributed by atoms with Gasteiger partial charge in [0.05, 0.1) is 18.3 Å². The minimum absolute atomic E-state index is 0.000919. The van der Waals surface area contributed by atoms with Crippen molar-refractivity contribution < 1.29 is 41.5 Å². The smallest absolute Gasteiger partial charge is 0.410 e. The third-order valence-electron chi connectivity index (χ3n) is 11.5. The van der Waals surface area contributed by atoms with Crippen molar-refractivity contribution in [1.29, 1.82) is 0 Å². The van der Waals surface area contributed by atoms with Crippen LogP contribution >= 0.6 is 0 Å². The van der Waals surface area contributed by atoms with Gasteiger partial charge in [0.25, 0.3) is 5.91 Å². The molecule has 4 aliphatic heterocycles. The molecule has 15 heteroatoms. The molecular formula is C37H48FN5O8S. The summed E-state index contributed by atoms with van der Waals surface area (Å²) in [6, 6.07) is 3.51. The highest BCUT2D eigenvalue weighted by molar-refractivity contribution is 7.91. The number of carbonyl (C=O) groups is 5. The fraction of sp³-hybridized carbons (Fsp3) is 0.649. The lowest BCUT2D eigenvalue weighted by atomic mass is 9.94. The molecule has 1 aromatic rings. The molecule has 13 nitrogen and oxygen atoms in total. The maximum Gasteiger partial charge on any atom is 0.410 e. The molecule has 0 spiro atoms. The van der Waals surface area contributed by atoms with E-state index in [0.29, 0.717) is 56.3 Å². The molecule has 4 fully saturated rings. The summed E-state index contributed by atoms with van der Waals surface area (Å²) in [6.07, 6.45) is 9.60. The number of sulfonamides is 1. The Kier molecular flexibility index (Phi) is 10.3. The van der Waals surface area contributed by atoms with Crippen LogP contribution in [0.4, 0.5) is 9.18 Å². The Bertz CT molecular complexity index is 1740. The number of benzene rings is 1. The van der Waals surface area contributed by atoms with Crippen LogP contribution < -0.4 is 10.0 Å². The quantitative estimate of drug-likeness (QED) is 0.420. The van der Waals surface area contributed by atoms with Gasteiger partial charge in [0.2, 0.25) is 27.7 Å². The summed E-state index contributed by atoms with van der Waals surface area (Å²) >= 11 is 0. The maximum absolute atomic E-state index is 14.5. The van der Waals surface area contributed by atoms with E-state index in [1.54, 1.807) is 17.0 Å². The van der Waals surface area contributed by atoms with Crippen LogP contribution in [0, 0.1) is 17.7 Å². The highest BCUT2D eigenvalue weighted by atomic mass is 32.2. The third kappa shape index (κ3) is 7.69. The maximum atomic E-state index is 14.5. The van der Waals surface area contributed by atoms with Crippen LogP contribution in [0.15, 0.2) is 30.4 Å². The average Bonchev–Trinajstić information content (AvgIpc) is 4.01. The normalized spacial score (nSPS) is 30.2. The van der Waals surface area contributed by atoms with Crippen LogP contribution in [0.3, 0.4) is 0 Å². The summed E-state index contributed by atoms with van der Waals surface area (Å²) in [6.45, 7) is 1.36. The van der Waals surface area contributed by atoms with Gasteiger partial charge in [0.1, 0.15) is 23.5 Å². The number of allylic oxidation sites excluding steroid dienone is 1. The molecule has 2 saturated heterocycles. The number of nitrogens with one attached hydrogen (secondary N) is 2. The minimum atomic E-state index is -3.90. The molecule has 2 unspecified atom stereocenters. The third-order valence-corrected chi connectivity index (χ3v) is 13.4. The number of hydrogen-bond donors (Lipinski definition) is 2. The van der Waals surface area contributed by atoms with Crippen molar-refractivity contribution in [2.24, 2.45) is 11.8 Å². The first-order valence-corrected chi connectivity index (χ1v) is 20.3. The van der Waals surface area contributed by atoms with E-state index >= 15 is 0 Å². The van der Waals surface area contributed by atoms with Gasteiger partial charge in [-0.25, -0.2) is 17.6 Å². The van der Waals surface area contributed by atoms with Gasteiger partial charge in [-0.2, -0.15) is 0 Å². The molecular weight excluding hydrogens is 693 g/mol. The molecule has 5 amide bonds. The van der Waals surface area contributed by atoms with Crippen LogP contribution in [0.2, 0.25) is 0 Å². The molecule has 6 aliphatic rings. The highest BCUT2D eigenvalue weighted by Crippen LogP contribution is 2.46. The average molecular weight is 742 g/mol. The molecule has 7 rings (SSSR count). The number of carbonyl (C=O) groups excluding carboxylic acids is 5. The Morgan fingerprint density at radius 1 is 0.981 bits per heavy atom. The van der Waals surface area contributed by atoms with Gasteiger partial charge in [-0.15, -0.1) is 0 Å². The highest BCUT2D eigenvalue weighted by Gasteiger charge is 2.62. The van der Waals surface area contributed by atoms with E-state index in [-0.39, 0.29) is 44.8 Å². The van der Waals surface area contributed by atoms with Crippen LogP contribution in [0.1, 0.15) is 94.6 Å². The number of likely N-dealkylation sites (tertiary alicyclic amines) is 1. The van der Waals surface area contributed by atoms with Gasteiger partial charge < -0.3 is 19.9 Å². The van der Waals surface area contributed by atoms with E-state index in [2.05, 4.69) is 10.0 Å². The Morgan fingerprint density at radius 2 is 1.75 bits per heavy atom. The van der Waals surface area contributed by atoms with Crippen molar-refractivity contribution in [3.05, 3.63) is 47.3 Å². The van der Waals surface area contributed by atoms with Gasteiger partial charge in [-0.1, -0.05) is 37.1 Å². The lowest BCUT2D eigenvalue weighted by Crippen LogP contribution is -2.57. The van der Waals surface area contributed by atoms with Crippen molar-refractivity contribution in [3.63, 3.8) is 0 Å². The van der Waals surface area contributed by atoms with Crippen molar-refractivity contribution in [3.8, 4) is 0 Å². The summed E-state index contributed by atoms with van der Waals surface area (Å²) in [5.74, 6) is -3.52. The topological polar surface area (TPSA) is 162 Å². The second kappa shape index (κ2) is 14.8. The lowest BCUT2D eigenvalue weighted by Gasteiger charge is -2.31. The standard InChI is InChI=1S/C37H48FN5O8S/c38-30-13-9-11-25-21-42(23-29(25)30)36(48)51-27-19-31-33(45)39-37(35(47)40-52(49,50)28-14-15-28)20-26(37)12-6-3-1-2-5-10-24(34(46)43(31)22-27)18-32(44)41-16-7-4-8-17-41/h6,9,11-13,24,26-28,31H,1-5,7-8,10,14-23H2,(H,39,45)(H,40,47)/b12-6-/t24-,26?,27+,31-,37?/m0/s1. The van der Waals surface area contributed by atoms with Crippen molar-refractivity contribution in [1.82, 2.24) is 24.7 Å². The molecule has 0 bridgehead atoms. The molecule has 2 aliphatic carbocycles. The molecule has 2 N–H and O–H groups in total. The molecule has 0 aromatic heterocycles. The molecule has 5 atom stereocenters. The number of nitrogens with zero attached hydrogens (tertiary/aromatic N) is 3. The number of rotatable bonds is 6. The summed E-state index contributed by atoms with van der Waals surface area (Å²) < 4.78 is 48.1. The number of halogens is 1. The first kappa shape index (κ1) is 36.4. The molecule has 0 radical (unpaired) electrons. The van der Waals surface area contributed by atoms with Crippen molar-refractivity contribution >= 4 is 39.7 Å². The fourth-order valence-electron chi connectivity index (χ4n) is 8.19. The molecule has 4 heterocycles. The number of hydrogen-bond acceptors (Lipinski definition) is 8. The molecule has 282 valence electrons. The van der Waals surface area contributed by atoms with E-state index in [1.807, 2.05) is 12.2 Å². The largest absolute Gasteiger partial charge is 0.444 e. The first-order valence-electron chi connectivity index (χ1n) is 18.8. The summed E-state index contributed by atoms with van der Waals surface area (Å²) in [5, 5.41) is 2.20. The van der Waals surface area contributed by atoms with E-state index in [9.17, 15) is 36.8 Å². The van der Waals surface area contributed by atoms with Gasteiger partial charge in [-0.3, -0.25) is 28.8 Å². The van der Waals surface area contributed by atoms with Gasteiger partial charge in [0.15, 0.2) is 0 Å². The zero-order valence-corrected chi connectivity index (χ0v) is 30.2. The number of amides is 5. The van der Waals surface area contributed by atoms with Gasteiger partial charge in [0, 0.05) is 49.9 Å². The molecule has 1 aromatic carbocycles. The van der Waals surface area contributed by atoms with Gasteiger partial charge in [-0.05, 0) is 69.4 Å².